The van der Waals surface area contributed by atoms with Gasteiger partial charge in [0.25, 0.3) is 5.91 Å². The first-order valence-corrected chi connectivity index (χ1v) is 8.00. The van der Waals surface area contributed by atoms with E-state index >= 15 is 0 Å². The number of carbonyl (C=O) groups excluding carboxylic acids is 1. The Labute approximate surface area is 149 Å². The number of carbonyl (C=O) groups is 1. The Morgan fingerprint density at radius 1 is 0.885 bits per heavy atom. The maximum absolute atomic E-state index is 12.5. The second-order valence-corrected chi connectivity index (χ2v) is 5.50. The second-order valence-electron chi connectivity index (χ2n) is 5.50. The molecule has 0 saturated carbocycles. The van der Waals surface area contributed by atoms with Gasteiger partial charge >= 0.3 is 6.01 Å². The van der Waals surface area contributed by atoms with Crippen molar-refractivity contribution < 1.29 is 9.53 Å². The van der Waals surface area contributed by atoms with Crippen molar-refractivity contribution in [2.24, 2.45) is 0 Å². The highest BCUT2D eigenvalue weighted by molar-refractivity contribution is 6.04. The third-order valence-corrected chi connectivity index (χ3v) is 3.67. The minimum Gasteiger partial charge on any atom is -0.424 e. The summed E-state index contributed by atoms with van der Waals surface area (Å²) < 4.78 is 5.57. The van der Waals surface area contributed by atoms with Gasteiger partial charge in [-0.25, -0.2) is 15.0 Å². The number of nitrogens with one attached hydrogen (secondary N) is 1. The van der Waals surface area contributed by atoms with Crippen LogP contribution in [0.4, 0.5) is 5.69 Å². The van der Waals surface area contributed by atoms with Crippen LogP contribution in [0, 0.1) is 0 Å². The number of anilines is 1. The van der Waals surface area contributed by atoms with Crippen molar-refractivity contribution >= 4 is 22.5 Å². The van der Waals surface area contributed by atoms with Crippen LogP contribution in [0.15, 0.2) is 79.1 Å². The van der Waals surface area contributed by atoms with Gasteiger partial charge in [0.1, 0.15) is 11.4 Å². The van der Waals surface area contributed by atoms with Crippen LogP contribution < -0.4 is 10.1 Å². The van der Waals surface area contributed by atoms with E-state index in [1.54, 1.807) is 48.8 Å². The summed E-state index contributed by atoms with van der Waals surface area (Å²) >= 11 is 0. The third kappa shape index (κ3) is 3.49. The van der Waals surface area contributed by atoms with Gasteiger partial charge in [0.15, 0.2) is 0 Å². The second kappa shape index (κ2) is 6.98. The Bertz CT molecular complexity index is 1070. The lowest BCUT2D eigenvalue weighted by molar-refractivity contribution is 0.102. The first-order valence-electron chi connectivity index (χ1n) is 8.00. The average Bonchev–Trinajstić information content (AvgIpc) is 2.68. The van der Waals surface area contributed by atoms with Gasteiger partial charge in [-0.3, -0.25) is 4.79 Å². The Morgan fingerprint density at radius 2 is 1.73 bits per heavy atom. The molecule has 2 aromatic carbocycles. The van der Waals surface area contributed by atoms with Gasteiger partial charge in [-0.1, -0.05) is 30.3 Å². The zero-order valence-electron chi connectivity index (χ0n) is 13.7. The Balaban J connectivity index is 1.52. The van der Waals surface area contributed by atoms with Gasteiger partial charge < -0.3 is 10.1 Å². The molecule has 0 atom stereocenters. The third-order valence-electron chi connectivity index (χ3n) is 3.67. The molecule has 2 heterocycles. The molecule has 0 unspecified atom stereocenters. The van der Waals surface area contributed by atoms with Gasteiger partial charge in [-0.05, 0) is 30.3 Å². The lowest BCUT2D eigenvalue weighted by Gasteiger charge is -2.08. The quantitative estimate of drug-likeness (QED) is 0.605. The summed E-state index contributed by atoms with van der Waals surface area (Å²) in [6.45, 7) is 0. The molecule has 0 saturated heterocycles. The van der Waals surface area contributed by atoms with E-state index in [-0.39, 0.29) is 11.9 Å². The lowest BCUT2D eigenvalue weighted by Crippen LogP contribution is -2.13. The van der Waals surface area contributed by atoms with Crippen LogP contribution in [0.25, 0.3) is 10.9 Å². The largest absolute Gasteiger partial charge is 0.424 e. The number of ether oxygens (including phenoxy) is 1. The summed E-state index contributed by atoms with van der Waals surface area (Å²) in [6, 6.07) is 20.2. The number of fused-ring (bicyclic) bond motifs is 1. The van der Waals surface area contributed by atoms with Gasteiger partial charge in [-0.2, -0.15) is 0 Å². The van der Waals surface area contributed by atoms with Crippen LogP contribution in [0.5, 0.6) is 11.8 Å². The molecule has 0 bridgehead atoms. The highest BCUT2D eigenvalue weighted by atomic mass is 16.5. The number of hydrogen-bond donors (Lipinski definition) is 1. The molecular formula is C20H14N4O2. The standard InChI is InChI=1S/C20H14N4O2/c25-19(18-10-9-14-5-1-2-8-17(14)24-18)23-15-6-3-7-16(13-15)26-20-21-11-4-12-22-20/h1-13H,(H,23,25). The van der Waals surface area contributed by atoms with Crippen molar-refractivity contribution in [2.75, 3.05) is 5.32 Å². The van der Waals surface area contributed by atoms with Crippen molar-refractivity contribution in [1.82, 2.24) is 15.0 Å². The van der Waals surface area contributed by atoms with E-state index in [1.807, 2.05) is 30.3 Å². The molecule has 0 fully saturated rings. The van der Waals surface area contributed by atoms with E-state index in [9.17, 15) is 4.79 Å². The molecule has 4 rings (SSSR count). The molecule has 6 heteroatoms. The first-order chi connectivity index (χ1) is 12.8. The highest BCUT2D eigenvalue weighted by Crippen LogP contribution is 2.22. The maximum Gasteiger partial charge on any atom is 0.321 e. The molecular weight excluding hydrogens is 328 g/mol. The van der Waals surface area contributed by atoms with Crippen LogP contribution in [0.1, 0.15) is 10.5 Å². The number of hydrogen-bond acceptors (Lipinski definition) is 5. The predicted octanol–water partition coefficient (Wildman–Crippen LogP) is 4.07. The number of aromatic nitrogens is 3. The Hall–Kier alpha value is -3.80. The fourth-order valence-corrected chi connectivity index (χ4v) is 2.47. The Kier molecular flexibility index (Phi) is 4.22. The van der Waals surface area contributed by atoms with E-state index in [0.29, 0.717) is 17.1 Å². The zero-order valence-corrected chi connectivity index (χ0v) is 13.7. The number of amides is 1. The molecule has 2 aromatic heterocycles. The molecule has 26 heavy (non-hydrogen) atoms. The fourth-order valence-electron chi connectivity index (χ4n) is 2.47. The highest BCUT2D eigenvalue weighted by Gasteiger charge is 2.09. The summed E-state index contributed by atoms with van der Waals surface area (Å²) in [5.41, 5.74) is 1.72. The number of nitrogens with zero attached hydrogens (tertiary/aromatic N) is 3. The van der Waals surface area contributed by atoms with Crippen LogP contribution in [0.2, 0.25) is 0 Å². The number of pyridine rings is 1. The van der Waals surface area contributed by atoms with Crippen molar-refractivity contribution in [3.05, 3.63) is 84.8 Å². The maximum atomic E-state index is 12.5. The summed E-state index contributed by atoms with van der Waals surface area (Å²) in [4.78, 5) is 24.9. The van der Waals surface area contributed by atoms with E-state index in [4.69, 9.17) is 4.74 Å². The molecule has 0 aliphatic heterocycles. The SMILES string of the molecule is O=C(Nc1cccc(Oc2ncccn2)c1)c1ccc2ccccc2n1. The van der Waals surface area contributed by atoms with E-state index < -0.39 is 0 Å². The van der Waals surface area contributed by atoms with Crippen LogP contribution >= 0.6 is 0 Å². The first kappa shape index (κ1) is 15.7. The predicted molar refractivity (Wildman–Crippen MR) is 98.2 cm³/mol. The molecule has 1 amide bonds. The van der Waals surface area contributed by atoms with Crippen LogP contribution in [0.3, 0.4) is 0 Å². The number of para-hydroxylation sites is 1. The summed E-state index contributed by atoms with van der Waals surface area (Å²) in [5.74, 6) is 0.240. The molecule has 0 radical (unpaired) electrons. The van der Waals surface area contributed by atoms with Crippen molar-refractivity contribution in [1.29, 1.82) is 0 Å². The smallest absolute Gasteiger partial charge is 0.321 e. The fraction of sp³-hybridized carbons (Fsp3) is 0. The minimum atomic E-state index is -0.288. The summed E-state index contributed by atoms with van der Waals surface area (Å²) in [6.07, 6.45) is 3.19. The van der Waals surface area contributed by atoms with E-state index in [0.717, 1.165) is 10.9 Å². The molecule has 126 valence electrons. The van der Waals surface area contributed by atoms with E-state index in [1.165, 1.54) is 0 Å². The summed E-state index contributed by atoms with van der Waals surface area (Å²) in [5, 5.41) is 3.82. The molecule has 6 nitrogen and oxygen atoms in total. The number of benzene rings is 2. The van der Waals surface area contributed by atoms with Crippen LogP contribution in [-0.2, 0) is 0 Å². The van der Waals surface area contributed by atoms with Gasteiger partial charge in [0, 0.05) is 29.5 Å². The summed E-state index contributed by atoms with van der Waals surface area (Å²) in [7, 11) is 0. The average molecular weight is 342 g/mol. The molecule has 4 aromatic rings. The van der Waals surface area contributed by atoms with Gasteiger partial charge in [0.2, 0.25) is 0 Å². The van der Waals surface area contributed by atoms with Gasteiger partial charge in [0.05, 0.1) is 5.52 Å². The molecule has 0 aliphatic rings. The van der Waals surface area contributed by atoms with Gasteiger partial charge in [-0.15, -0.1) is 0 Å². The lowest BCUT2D eigenvalue weighted by atomic mass is 10.2. The molecule has 1 N–H and O–H groups in total. The minimum absolute atomic E-state index is 0.243. The molecule has 0 spiro atoms. The topological polar surface area (TPSA) is 77.0 Å². The molecule has 0 aliphatic carbocycles. The van der Waals surface area contributed by atoms with Crippen molar-refractivity contribution in [3.63, 3.8) is 0 Å². The van der Waals surface area contributed by atoms with Crippen molar-refractivity contribution in [3.8, 4) is 11.8 Å². The monoisotopic (exact) mass is 342 g/mol. The van der Waals surface area contributed by atoms with Crippen molar-refractivity contribution in [2.45, 2.75) is 0 Å². The Morgan fingerprint density at radius 3 is 2.62 bits per heavy atom. The normalized spacial score (nSPS) is 10.5. The van der Waals surface area contributed by atoms with Crippen LogP contribution in [-0.4, -0.2) is 20.9 Å². The number of rotatable bonds is 4. The zero-order chi connectivity index (χ0) is 17.8. The van der Waals surface area contributed by atoms with E-state index in [2.05, 4.69) is 20.3 Å².